The SMILES string of the molecule is Cc1cccc(C)c1C(Nc1cccc(Cl)c1)C(N)=O. The van der Waals surface area contributed by atoms with Gasteiger partial charge in [0.15, 0.2) is 0 Å². The highest BCUT2D eigenvalue weighted by atomic mass is 35.5. The molecule has 0 aliphatic carbocycles. The van der Waals surface area contributed by atoms with Gasteiger partial charge < -0.3 is 11.1 Å². The van der Waals surface area contributed by atoms with Crippen molar-refractivity contribution < 1.29 is 4.79 Å². The number of benzene rings is 2. The van der Waals surface area contributed by atoms with Crippen molar-refractivity contribution in [2.24, 2.45) is 5.73 Å². The number of hydrogen-bond acceptors (Lipinski definition) is 2. The first-order chi connectivity index (χ1) is 9.49. The first-order valence-corrected chi connectivity index (χ1v) is 6.74. The molecule has 0 bridgehead atoms. The van der Waals surface area contributed by atoms with Crippen LogP contribution in [-0.2, 0) is 4.79 Å². The van der Waals surface area contributed by atoms with Gasteiger partial charge in [-0.2, -0.15) is 0 Å². The molecule has 0 saturated heterocycles. The summed E-state index contributed by atoms with van der Waals surface area (Å²) in [7, 11) is 0. The van der Waals surface area contributed by atoms with E-state index in [2.05, 4.69) is 5.32 Å². The number of halogens is 1. The predicted octanol–water partition coefficient (Wildman–Crippen LogP) is 3.60. The van der Waals surface area contributed by atoms with Crippen LogP contribution in [0.15, 0.2) is 42.5 Å². The van der Waals surface area contributed by atoms with Crippen LogP contribution in [0.4, 0.5) is 5.69 Å². The van der Waals surface area contributed by atoms with Crippen molar-refractivity contribution in [1.29, 1.82) is 0 Å². The Hall–Kier alpha value is -2.00. The van der Waals surface area contributed by atoms with Crippen LogP contribution in [0, 0.1) is 13.8 Å². The molecule has 0 radical (unpaired) electrons. The van der Waals surface area contributed by atoms with Gasteiger partial charge in [-0.05, 0) is 48.7 Å². The van der Waals surface area contributed by atoms with E-state index in [1.165, 1.54) is 0 Å². The Balaban J connectivity index is 2.40. The summed E-state index contributed by atoms with van der Waals surface area (Å²) in [5.41, 5.74) is 9.30. The van der Waals surface area contributed by atoms with E-state index < -0.39 is 11.9 Å². The fourth-order valence-electron chi connectivity index (χ4n) is 2.31. The molecule has 3 nitrogen and oxygen atoms in total. The van der Waals surface area contributed by atoms with Gasteiger partial charge in [-0.25, -0.2) is 0 Å². The van der Waals surface area contributed by atoms with Crippen molar-refractivity contribution in [3.05, 3.63) is 64.2 Å². The largest absolute Gasteiger partial charge is 0.370 e. The minimum Gasteiger partial charge on any atom is -0.370 e. The van der Waals surface area contributed by atoms with Gasteiger partial charge in [-0.15, -0.1) is 0 Å². The summed E-state index contributed by atoms with van der Waals surface area (Å²) < 4.78 is 0. The molecular formula is C16H17ClN2O. The van der Waals surface area contributed by atoms with E-state index >= 15 is 0 Å². The smallest absolute Gasteiger partial charge is 0.244 e. The molecular weight excluding hydrogens is 272 g/mol. The highest BCUT2D eigenvalue weighted by Gasteiger charge is 2.21. The number of amides is 1. The number of nitrogens with two attached hydrogens (primary N) is 1. The van der Waals surface area contributed by atoms with Crippen LogP contribution in [0.3, 0.4) is 0 Å². The molecule has 3 N–H and O–H groups in total. The summed E-state index contributed by atoms with van der Waals surface area (Å²) in [5, 5.41) is 3.77. The molecule has 2 rings (SSSR count). The minimum atomic E-state index is -0.574. The quantitative estimate of drug-likeness (QED) is 0.903. The Morgan fingerprint density at radius 1 is 1.15 bits per heavy atom. The van der Waals surface area contributed by atoms with Crippen molar-refractivity contribution >= 4 is 23.2 Å². The normalized spacial score (nSPS) is 11.9. The van der Waals surface area contributed by atoms with Gasteiger partial charge >= 0.3 is 0 Å². The van der Waals surface area contributed by atoms with Crippen LogP contribution in [0.25, 0.3) is 0 Å². The number of primary amides is 1. The Morgan fingerprint density at radius 2 is 1.75 bits per heavy atom. The van der Waals surface area contributed by atoms with E-state index in [-0.39, 0.29) is 0 Å². The zero-order chi connectivity index (χ0) is 14.7. The second-order valence-corrected chi connectivity index (χ2v) is 5.23. The van der Waals surface area contributed by atoms with Crippen LogP contribution in [0.1, 0.15) is 22.7 Å². The fourth-order valence-corrected chi connectivity index (χ4v) is 2.50. The molecule has 104 valence electrons. The Bertz CT molecular complexity index is 620. The average Bonchev–Trinajstić information content (AvgIpc) is 2.37. The number of carbonyl (C=O) groups excluding carboxylic acids is 1. The third kappa shape index (κ3) is 3.11. The lowest BCUT2D eigenvalue weighted by molar-refractivity contribution is -0.118. The van der Waals surface area contributed by atoms with Gasteiger partial charge in [-0.3, -0.25) is 4.79 Å². The molecule has 0 heterocycles. The molecule has 0 fully saturated rings. The number of aryl methyl sites for hydroxylation is 2. The fraction of sp³-hybridized carbons (Fsp3) is 0.188. The minimum absolute atomic E-state index is 0.414. The number of nitrogens with one attached hydrogen (secondary N) is 1. The summed E-state index contributed by atoms with van der Waals surface area (Å²) in [4.78, 5) is 11.8. The molecule has 0 aliphatic rings. The maximum Gasteiger partial charge on any atom is 0.244 e. The van der Waals surface area contributed by atoms with Gasteiger partial charge in [0.05, 0.1) is 0 Å². The number of anilines is 1. The Labute approximate surface area is 123 Å². The molecule has 20 heavy (non-hydrogen) atoms. The van der Waals surface area contributed by atoms with E-state index in [0.717, 1.165) is 22.4 Å². The van der Waals surface area contributed by atoms with Gasteiger partial charge in [0.25, 0.3) is 0 Å². The molecule has 2 aromatic rings. The standard InChI is InChI=1S/C16H17ClN2O/c1-10-5-3-6-11(2)14(10)15(16(18)20)19-13-8-4-7-12(17)9-13/h3-9,15,19H,1-2H3,(H2,18,20). The second kappa shape index (κ2) is 5.97. The maximum absolute atomic E-state index is 11.8. The molecule has 0 aliphatic heterocycles. The lowest BCUT2D eigenvalue weighted by Gasteiger charge is -2.21. The van der Waals surface area contributed by atoms with Crippen molar-refractivity contribution in [1.82, 2.24) is 0 Å². The Morgan fingerprint density at radius 3 is 2.30 bits per heavy atom. The summed E-state index contributed by atoms with van der Waals surface area (Å²) >= 11 is 5.96. The third-order valence-corrected chi connectivity index (χ3v) is 3.49. The van der Waals surface area contributed by atoms with Gasteiger partial charge in [0, 0.05) is 10.7 Å². The first kappa shape index (κ1) is 14.4. The van der Waals surface area contributed by atoms with Crippen LogP contribution < -0.4 is 11.1 Å². The monoisotopic (exact) mass is 288 g/mol. The van der Waals surface area contributed by atoms with E-state index in [9.17, 15) is 4.79 Å². The van der Waals surface area contributed by atoms with Crippen molar-refractivity contribution in [3.8, 4) is 0 Å². The highest BCUT2D eigenvalue weighted by Crippen LogP contribution is 2.26. The van der Waals surface area contributed by atoms with Crippen LogP contribution in [0.2, 0.25) is 5.02 Å². The van der Waals surface area contributed by atoms with Crippen molar-refractivity contribution in [2.75, 3.05) is 5.32 Å². The molecule has 0 spiro atoms. The molecule has 4 heteroatoms. The van der Waals surface area contributed by atoms with Crippen LogP contribution >= 0.6 is 11.6 Å². The van der Waals surface area contributed by atoms with Crippen molar-refractivity contribution in [2.45, 2.75) is 19.9 Å². The van der Waals surface area contributed by atoms with E-state index in [0.29, 0.717) is 5.02 Å². The van der Waals surface area contributed by atoms with Crippen molar-refractivity contribution in [3.63, 3.8) is 0 Å². The lowest BCUT2D eigenvalue weighted by Crippen LogP contribution is -2.29. The van der Waals surface area contributed by atoms with Crippen LogP contribution in [0.5, 0.6) is 0 Å². The predicted molar refractivity (Wildman–Crippen MR) is 82.9 cm³/mol. The summed E-state index contributed by atoms with van der Waals surface area (Å²) in [5.74, 6) is -0.414. The molecule has 0 saturated carbocycles. The molecule has 1 amide bonds. The summed E-state index contributed by atoms with van der Waals surface area (Å²) in [6, 6.07) is 12.6. The number of hydrogen-bond donors (Lipinski definition) is 2. The Kier molecular flexibility index (Phi) is 4.30. The first-order valence-electron chi connectivity index (χ1n) is 6.36. The molecule has 2 aromatic carbocycles. The highest BCUT2D eigenvalue weighted by molar-refractivity contribution is 6.30. The lowest BCUT2D eigenvalue weighted by atomic mass is 9.95. The van der Waals surface area contributed by atoms with E-state index in [1.54, 1.807) is 12.1 Å². The molecule has 1 unspecified atom stereocenters. The molecule has 0 aromatic heterocycles. The average molecular weight is 289 g/mol. The third-order valence-electron chi connectivity index (χ3n) is 3.25. The summed E-state index contributed by atoms with van der Waals surface area (Å²) in [6.07, 6.45) is 0. The van der Waals surface area contributed by atoms with E-state index in [1.807, 2.05) is 44.2 Å². The zero-order valence-corrected chi connectivity index (χ0v) is 12.2. The topological polar surface area (TPSA) is 55.1 Å². The van der Waals surface area contributed by atoms with E-state index in [4.69, 9.17) is 17.3 Å². The molecule has 1 atom stereocenters. The van der Waals surface area contributed by atoms with Crippen LogP contribution in [-0.4, -0.2) is 5.91 Å². The number of carbonyl (C=O) groups is 1. The van der Waals surface area contributed by atoms with Gasteiger partial charge in [-0.1, -0.05) is 35.9 Å². The zero-order valence-electron chi connectivity index (χ0n) is 11.5. The van der Waals surface area contributed by atoms with Gasteiger partial charge in [0.2, 0.25) is 5.91 Å². The maximum atomic E-state index is 11.8. The second-order valence-electron chi connectivity index (χ2n) is 4.80. The number of rotatable bonds is 4. The van der Waals surface area contributed by atoms with Gasteiger partial charge in [0.1, 0.15) is 6.04 Å². The summed E-state index contributed by atoms with van der Waals surface area (Å²) in [6.45, 7) is 3.94.